The van der Waals surface area contributed by atoms with Crippen molar-refractivity contribution in [3.63, 3.8) is 0 Å². The molecule has 2 N–H and O–H groups in total. The Morgan fingerprint density at radius 2 is 2.05 bits per heavy atom. The lowest BCUT2D eigenvalue weighted by molar-refractivity contribution is -0.141. The second-order valence-electron chi connectivity index (χ2n) is 5.55. The van der Waals surface area contributed by atoms with Crippen LogP contribution in [0.4, 0.5) is 4.79 Å². The first-order valence-electron chi connectivity index (χ1n) is 7.14. The molecule has 0 bridgehead atoms. The Kier molecular flexibility index (Phi) is 5.15. The van der Waals surface area contributed by atoms with Gasteiger partial charge in [-0.3, -0.25) is 4.90 Å². The van der Waals surface area contributed by atoms with Gasteiger partial charge in [-0.05, 0) is 39.8 Å². The standard InChI is InChI=1S/C13H23N3O3S/c1-9(7-15-5-3-4-6-15)14-13(19)16-10(2)20-8-11(16)12(17)18/h9-11H,3-8H2,1-2H3,(H,14,19)(H,17,18). The van der Waals surface area contributed by atoms with Crippen LogP contribution in [0.2, 0.25) is 0 Å². The van der Waals surface area contributed by atoms with Crippen LogP contribution in [-0.4, -0.2) is 69.8 Å². The lowest BCUT2D eigenvalue weighted by Gasteiger charge is -2.28. The van der Waals surface area contributed by atoms with E-state index in [9.17, 15) is 14.7 Å². The molecule has 20 heavy (non-hydrogen) atoms. The predicted molar refractivity (Wildman–Crippen MR) is 78.9 cm³/mol. The maximum Gasteiger partial charge on any atom is 0.327 e. The maximum absolute atomic E-state index is 12.3. The van der Waals surface area contributed by atoms with Crippen LogP contribution in [-0.2, 0) is 4.79 Å². The Morgan fingerprint density at radius 1 is 1.40 bits per heavy atom. The third kappa shape index (κ3) is 3.58. The van der Waals surface area contributed by atoms with Crippen molar-refractivity contribution in [3.05, 3.63) is 0 Å². The quantitative estimate of drug-likeness (QED) is 0.811. The molecule has 2 heterocycles. The van der Waals surface area contributed by atoms with E-state index in [0.717, 1.165) is 19.6 Å². The van der Waals surface area contributed by atoms with Crippen molar-refractivity contribution in [1.29, 1.82) is 0 Å². The third-order valence-electron chi connectivity index (χ3n) is 3.84. The summed E-state index contributed by atoms with van der Waals surface area (Å²) in [7, 11) is 0. The van der Waals surface area contributed by atoms with Crippen LogP contribution in [0.1, 0.15) is 26.7 Å². The number of carboxylic acid groups (broad SMARTS) is 1. The highest BCUT2D eigenvalue weighted by Crippen LogP contribution is 2.28. The van der Waals surface area contributed by atoms with Crippen molar-refractivity contribution in [1.82, 2.24) is 15.1 Å². The highest BCUT2D eigenvalue weighted by Gasteiger charge is 2.39. The maximum atomic E-state index is 12.3. The van der Waals surface area contributed by atoms with Gasteiger partial charge in [-0.15, -0.1) is 11.8 Å². The number of carbonyl (C=O) groups excluding carboxylic acids is 1. The van der Waals surface area contributed by atoms with Crippen LogP contribution in [0.25, 0.3) is 0 Å². The number of nitrogens with one attached hydrogen (secondary N) is 1. The normalized spacial score (nSPS) is 28.6. The van der Waals surface area contributed by atoms with Crippen molar-refractivity contribution >= 4 is 23.8 Å². The minimum absolute atomic E-state index is 0.0350. The average Bonchev–Trinajstić information content (AvgIpc) is 2.97. The molecule has 114 valence electrons. The van der Waals surface area contributed by atoms with Gasteiger partial charge < -0.3 is 15.3 Å². The molecule has 2 aliphatic rings. The molecule has 6 nitrogen and oxygen atoms in total. The zero-order chi connectivity index (χ0) is 14.7. The molecule has 2 rings (SSSR count). The van der Waals surface area contributed by atoms with Crippen LogP contribution in [0, 0.1) is 0 Å². The van der Waals surface area contributed by atoms with Crippen LogP contribution >= 0.6 is 11.8 Å². The molecule has 3 unspecified atom stereocenters. The lowest BCUT2D eigenvalue weighted by Crippen LogP contribution is -2.53. The van der Waals surface area contributed by atoms with Gasteiger partial charge in [-0.1, -0.05) is 0 Å². The van der Waals surface area contributed by atoms with Gasteiger partial charge in [0.15, 0.2) is 0 Å². The highest BCUT2D eigenvalue weighted by atomic mass is 32.2. The molecule has 0 saturated carbocycles. The topological polar surface area (TPSA) is 72.9 Å². The second kappa shape index (κ2) is 6.67. The molecule has 2 amide bonds. The van der Waals surface area contributed by atoms with Crippen molar-refractivity contribution in [2.24, 2.45) is 0 Å². The van der Waals surface area contributed by atoms with Crippen LogP contribution < -0.4 is 5.32 Å². The van der Waals surface area contributed by atoms with Crippen LogP contribution in [0.3, 0.4) is 0 Å². The van der Waals surface area contributed by atoms with Gasteiger partial charge >= 0.3 is 12.0 Å². The number of amides is 2. The van der Waals surface area contributed by atoms with Gasteiger partial charge in [0, 0.05) is 18.3 Å². The number of rotatable bonds is 4. The average molecular weight is 301 g/mol. The number of hydrogen-bond acceptors (Lipinski definition) is 4. The summed E-state index contributed by atoms with van der Waals surface area (Å²) in [6.45, 7) is 6.86. The first-order chi connectivity index (χ1) is 9.49. The summed E-state index contributed by atoms with van der Waals surface area (Å²) in [4.78, 5) is 27.2. The Balaban J connectivity index is 1.87. The van der Waals surface area contributed by atoms with Gasteiger partial charge in [0.05, 0.1) is 5.37 Å². The van der Waals surface area contributed by atoms with E-state index >= 15 is 0 Å². The Hall–Kier alpha value is -0.950. The van der Waals surface area contributed by atoms with E-state index in [0.29, 0.717) is 5.75 Å². The molecule has 2 saturated heterocycles. The molecule has 0 aromatic carbocycles. The molecule has 2 fully saturated rings. The Morgan fingerprint density at radius 3 is 2.65 bits per heavy atom. The van der Waals surface area contributed by atoms with Crippen LogP contribution in [0.5, 0.6) is 0 Å². The molecular formula is C13H23N3O3S. The van der Waals surface area contributed by atoms with Gasteiger partial charge in [-0.2, -0.15) is 0 Å². The molecule has 0 spiro atoms. The fraction of sp³-hybridized carbons (Fsp3) is 0.846. The molecule has 0 radical (unpaired) electrons. The molecule has 7 heteroatoms. The first kappa shape index (κ1) is 15.4. The second-order valence-corrected chi connectivity index (χ2v) is 6.90. The number of likely N-dealkylation sites (tertiary alicyclic amines) is 1. The fourth-order valence-corrected chi connectivity index (χ4v) is 3.99. The molecule has 0 aromatic rings. The van der Waals surface area contributed by atoms with Gasteiger partial charge in [0.2, 0.25) is 0 Å². The fourth-order valence-electron chi connectivity index (χ4n) is 2.82. The van der Waals surface area contributed by atoms with Crippen molar-refractivity contribution < 1.29 is 14.7 Å². The first-order valence-corrected chi connectivity index (χ1v) is 8.19. The largest absolute Gasteiger partial charge is 0.480 e. The highest BCUT2D eigenvalue weighted by molar-refractivity contribution is 8.00. The number of hydrogen-bond donors (Lipinski definition) is 2. The summed E-state index contributed by atoms with van der Waals surface area (Å²) in [5, 5.41) is 12.0. The molecule has 3 atom stereocenters. The van der Waals surface area contributed by atoms with Gasteiger partial charge in [0.1, 0.15) is 6.04 Å². The molecular weight excluding hydrogens is 278 g/mol. The minimum Gasteiger partial charge on any atom is -0.480 e. The number of carbonyl (C=O) groups is 2. The lowest BCUT2D eigenvalue weighted by atomic mass is 10.3. The van der Waals surface area contributed by atoms with E-state index in [4.69, 9.17) is 0 Å². The van der Waals surface area contributed by atoms with Crippen molar-refractivity contribution in [2.75, 3.05) is 25.4 Å². The monoisotopic (exact) mass is 301 g/mol. The minimum atomic E-state index is -0.927. The van der Waals surface area contributed by atoms with E-state index in [1.165, 1.54) is 29.5 Å². The van der Waals surface area contributed by atoms with Crippen LogP contribution in [0.15, 0.2) is 0 Å². The number of carboxylic acids is 1. The van der Waals surface area contributed by atoms with E-state index in [2.05, 4.69) is 10.2 Å². The SMILES string of the molecule is CC(CN1CCCC1)NC(=O)N1C(C)SCC1C(=O)O. The van der Waals surface area contributed by atoms with E-state index in [-0.39, 0.29) is 17.4 Å². The summed E-state index contributed by atoms with van der Waals surface area (Å²) in [6, 6.07) is -0.941. The molecule has 2 aliphatic heterocycles. The Labute approximate surface area is 123 Å². The Bertz CT molecular complexity index is 374. The summed E-state index contributed by atoms with van der Waals surface area (Å²) in [5.74, 6) is -0.464. The van der Waals surface area contributed by atoms with Gasteiger partial charge in [0.25, 0.3) is 0 Å². The number of thioether (sulfide) groups is 1. The summed E-state index contributed by atoms with van der Waals surface area (Å²) in [6.07, 6.45) is 2.45. The third-order valence-corrected chi connectivity index (χ3v) is 5.06. The zero-order valence-electron chi connectivity index (χ0n) is 12.0. The summed E-state index contributed by atoms with van der Waals surface area (Å²) >= 11 is 1.50. The number of nitrogens with zero attached hydrogens (tertiary/aromatic N) is 2. The summed E-state index contributed by atoms with van der Waals surface area (Å²) < 4.78 is 0. The van der Waals surface area contributed by atoms with E-state index in [1.54, 1.807) is 0 Å². The van der Waals surface area contributed by atoms with Crippen molar-refractivity contribution in [3.8, 4) is 0 Å². The zero-order valence-corrected chi connectivity index (χ0v) is 12.9. The number of urea groups is 1. The predicted octanol–water partition coefficient (Wildman–Crippen LogP) is 1.03. The molecule has 0 aliphatic carbocycles. The smallest absolute Gasteiger partial charge is 0.327 e. The number of aliphatic carboxylic acids is 1. The van der Waals surface area contributed by atoms with Gasteiger partial charge in [-0.25, -0.2) is 9.59 Å². The summed E-state index contributed by atoms with van der Waals surface area (Å²) in [5.41, 5.74) is 0. The van der Waals surface area contributed by atoms with E-state index in [1.807, 2.05) is 13.8 Å². The van der Waals surface area contributed by atoms with Crippen molar-refractivity contribution in [2.45, 2.75) is 44.1 Å². The van der Waals surface area contributed by atoms with E-state index < -0.39 is 12.0 Å². The molecule has 0 aromatic heterocycles.